The molecule has 1 atom stereocenters. The molecule has 4 heteroatoms. The van der Waals surface area contributed by atoms with E-state index in [1.54, 1.807) is 0 Å². The Bertz CT molecular complexity index is 509. The second-order valence-corrected chi connectivity index (χ2v) is 4.75. The molecular formula is C16H22N2O2. The van der Waals surface area contributed by atoms with Crippen LogP contribution >= 0.6 is 0 Å². The molecular weight excluding hydrogens is 252 g/mol. The quantitative estimate of drug-likeness (QED) is 0.527. The molecule has 0 aliphatic heterocycles. The molecule has 1 aromatic carbocycles. The van der Waals surface area contributed by atoms with E-state index in [9.17, 15) is 9.90 Å². The third kappa shape index (κ3) is 3.78. The fraction of sp³-hybridized carbons (Fsp3) is 0.375. The maximum absolute atomic E-state index is 11.2. The van der Waals surface area contributed by atoms with Crippen molar-refractivity contribution in [2.24, 2.45) is 0 Å². The predicted molar refractivity (Wildman–Crippen MR) is 81.1 cm³/mol. The number of aliphatic hydroxyl groups excluding tert-OH is 1. The van der Waals surface area contributed by atoms with Gasteiger partial charge < -0.3 is 15.8 Å². The van der Waals surface area contributed by atoms with Crippen molar-refractivity contribution in [2.45, 2.75) is 32.8 Å². The van der Waals surface area contributed by atoms with Crippen molar-refractivity contribution in [3.63, 3.8) is 0 Å². The van der Waals surface area contributed by atoms with E-state index in [1.807, 2.05) is 18.2 Å². The molecule has 1 aromatic rings. The number of rotatable bonds is 7. The molecule has 0 bridgehead atoms. The number of nitrogens with one attached hydrogen (secondary N) is 2. The van der Waals surface area contributed by atoms with Crippen LogP contribution in [0.15, 0.2) is 30.9 Å². The zero-order chi connectivity index (χ0) is 15.1. The smallest absolute Gasteiger partial charge is 0.243 e. The van der Waals surface area contributed by atoms with Gasteiger partial charge in [-0.25, -0.2) is 0 Å². The molecule has 0 spiro atoms. The van der Waals surface area contributed by atoms with Crippen LogP contribution < -0.4 is 5.32 Å². The molecule has 1 rings (SSSR count). The third-order valence-electron chi connectivity index (χ3n) is 3.42. The Morgan fingerprint density at radius 3 is 2.80 bits per heavy atom. The van der Waals surface area contributed by atoms with Crippen LogP contribution in [0, 0.1) is 5.41 Å². The maximum Gasteiger partial charge on any atom is 0.243 e. The molecule has 0 aliphatic rings. The van der Waals surface area contributed by atoms with E-state index in [4.69, 9.17) is 5.41 Å². The van der Waals surface area contributed by atoms with Crippen molar-refractivity contribution < 1.29 is 9.90 Å². The summed E-state index contributed by atoms with van der Waals surface area (Å²) in [6.07, 6.45) is 2.13. The monoisotopic (exact) mass is 274 g/mol. The van der Waals surface area contributed by atoms with Gasteiger partial charge in [-0.05, 0) is 29.5 Å². The van der Waals surface area contributed by atoms with E-state index in [0.717, 1.165) is 23.1 Å². The summed E-state index contributed by atoms with van der Waals surface area (Å²) < 4.78 is 0. The summed E-state index contributed by atoms with van der Waals surface area (Å²) in [5, 5.41) is 20.3. The maximum atomic E-state index is 11.2. The molecule has 0 aromatic heterocycles. The normalized spacial score (nSPS) is 11.8. The lowest BCUT2D eigenvalue weighted by molar-refractivity contribution is -0.116. The first-order chi connectivity index (χ1) is 9.54. The van der Waals surface area contributed by atoms with Gasteiger partial charge in [0, 0.05) is 5.56 Å². The van der Waals surface area contributed by atoms with E-state index in [0.29, 0.717) is 11.6 Å². The van der Waals surface area contributed by atoms with Gasteiger partial charge in [-0.3, -0.25) is 4.79 Å². The summed E-state index contributed by atoms with van der Waals surface area (Å²) in [5.74, 6) is -0.00623. The standard InChI is InChI=1S/C16H22N2O2/c1-4-11(3)13-8-6-7-12(10-19)16(13)14(17)9-18-15(20)5-2/h5-8,11,17,19H,2,4,9-10H2,1,3H3,(H,18,20). The molecule has 3 N–H and O–H groups in total. The molecule has 0 fully saturated rings. The van der Waals surface area contributed by atoms with E-state index >= 15 is 0 Å². The minimum absolute atomic E-state index is 0.114. The van der Waals surface area contributed by atoms with Crippen LogP contribution in [0.4, 0.5) is 0 Å². The minimum Gasteiger partial charge on any atom is -0.392 e. The van der Waals surface area contributed by atoms with Crippen molar-refractivity contribution in [3.8, 4) is 0 Å². The van der Waals surface area contributed by atoms with Crippen LogP contribution in [-0.4, -0.2) is 23.3 Å². The Hall–Kier alpha value is -1.94. The van der Waals surface area contributed by atoms with Crippen LogP contribution in [0.3, 0.4) is 0 Å². The highest BCUT2D eigenvalue weighted by atomic mass is 16.3. The van der Waals surface area contributed by atoms with Crippen molar-refractivity contribution in [1.29, 1.82) is 5.41 Å². The first-order valence-electron chi connectivity index (χ1n) is 6.75. The van der Waals surface area contributed by atoms with Gasteiger partial charge in [-0.2, -0.15) is 0 Å². The first kappa shape index (κ1) is 16.1. The van der Waals surface area contributed by atoms with Gasteiger partial charge in [-0.1, -0.05) is 38.6 Å². The SMILES string of the molecule is C=CC(=O)NCC(=N)c1c(CO)cccc1C(C)CC. The molecule has 0 radical (unpaired) electrons. The Balaban J connectivity index is 3.09. The van der Waals surface area contributed by atoms with Crippen molar-refractivity contribution in [3.05, 3.63) is 47.5 Å². The second-order valence-electron chi connectivity index (χ2n) is 4.75. The minimum atomic E-state index is -0.304. The summed E-state index contributed by atoms with van der Waals surface area (Å²) in [7, 11) is 0. The second kappa shape index (κ2) is 7.60. The van der Waals surface area contributed by atoms with Crippen LogP contribution in [0.1, 0.15) is 42.9 Å². The Morgan fingerprint density at radius 1 is 1.55 bits per heavy atom. The topological polar surface area (TPSA) is 73.2 Å². The number of amides is 1. The highest BCUT2D eigenvalue weighted by Gasteiger charge is 2.16. The fourth-order valence-corrected chi connectivity index (χ4v) is 2.09. The highest BCUT2D eigenvalue weighted by molar-refractivity contribution is 6.04. The van der Waals surface area contributed by atoms with Gasteiger partial charge in [0.05, 0.1) is 18.9 Å². The third-order valence-corrected chi connectivity index (χ3v) is 3.42. The Labute approximate surface area is 120 Å². The average Bonchev–Trinajstić information content (AvgIpc) is 2.50. The molecule has 1 unspecified atom stereocenters. The summed E-state index contributed by atoms with van der Waals surface area (Å²) in [6.45, 7) is 7.58. The van der Waals surface area contributed by atoms with Gasteiger partial charge in [0.15, 0.2) is 0 Å². The summed E-state index contributed by atoms with van der Waals surface area (Å²) in [5.41, 5.74) is 2.81. The van der Waals surface area contributed by atoms with Crippen molar-refractivity contribution in [1.82, 2.24) is 5.32 Å². The molecule has 4 nitrogen and oxygen atoms in total. The zero-order valence-corrected chi connectivity index (χ0v) is 12.1. The number of carbonyl (C=O) groups is 1. The number of carbonyl (C=O) groups excluding carboxylic acids is 1. The zero-order valence-electron chi connectivity index (χ0n) is 12.1. The predicted octanol–water partition coefficient (Wildman–Crippen LogP) is 2.36. The summed E-state index contributed by atoms with van der Waals surface area (Å²) in [4.78, 5) is 11.2. The molecule has 108 valence electrons. The molecule has 0 saturated heterocycles. The highest BCUT2D eigenvalue weighted by Crippen LogP contribution is 2.25. The summed E-state index contributed by atoms with van der Waals surface area (Å²) >= 11 is 0. The average molecular weight is 274 g/mol. The first-order valence-corrected chi connectivity index (χ1v) is 6.75. The molecule has 1 amide bonds. The van der Waals surface area contributed by atoms with E-state index < -0.39 is 0 Å². The molecule has 0 heterocycles. The van der Waals surface area contributed by atoms with Gasteiger partial charge >= 0.3 is 0 Å². The van der Waals surface area contributed by atoms with Crippen LogP contribution in [0.2, 0.25) is 0 Å². The number of hydrogen-bond donors (Lipinski definition) is 3. The van der Waals surface area contributed by atoms with Crippen molar-refractivity contribution in [2.75, 3.05) is 6.54 Å². The Kier molecular flexibility index (Phi) is 6.12. The van der Waals surface area contributed by atoms with E-state index in [2.05, 4.69) is 25.7 Å². The van der Waals surface area contributed by atoms with Gasteiger partial charge in [0.25, 0.3) is 0 Å². The van der Waals surface area contributed by atoms with E-state index in [-0.39, 0.29) is 19.1 Å². The lowest BCUT2D eigenvalue weighted by Gasteiger charge is -2.19. The summed E-state index contributed by atoms with van der Waals surface area (Å²) in [6, 6.07) is 5.68. The number of aliphatic hydroxyl groups is 1. The van der Waals surface area contributed by atoms with Crippen molar-refractivity contribution >= 4 is 11.6 Å². The molecule has 20 heavy (non-hydrogen) atoms. The lowest BCUT2D eigenvalue weighted by atomic mass is 9.88. The molecule has 0 saturated carbocycles. The lowest BCUT2D eigenvalue weighted by Crippen LogP contribution is -2.29. The van der Waals surface area contributed by atoms with Crippen LogP contribution in [0.5, 0.6) is 0 Å². The molecule has 0 aliphatic carbocycles. The largest absolute Gasteiger partial charge is 0.392 e. The Morgan fingerprint density at radius 2 is 2.25 bits per heavy atom. The van der Waals surface area contributed by atoms with Gasteiger partial charge in [0.2, 0.25) is 5.91 Å². The number of benzene rings is 1. The van der Waals surface area contributed by atoms with E-state index in [1.165, 1.54) is 6.08 Å². The fourth-order valence-electron chi connectivity index (χ4n) is 2.09. The van der Waals surface area contributed by atoms with Gasteiger partial charge in [0.1, 0.15) is 0 Å². The van der Waals surface area contributed by atoms with Crippen LogP contribution in [0.25, 0.3) is 0 Å². The van der Waals surface area contributed by atoms with Gasteiger partial charge in [-0.15, -0.1) is 0 Å². The number of hydrogen-bond acceptors (Lipinski definition) is 3. The van der Waals surface area contributed by atoms with Crippen LogP contribution in [-0.2, 0) is 11.4 Å².